The average Bonchev–Trinajstić information content (AvgIpc) is 4.09. The minimum absolute atomic E-state index is 0.824. The molecule has 56 heavy (non-hydrogen) atoms. The van der Waals surface area contributed by atoms with Crippen LogP contribution in [0.2, 0.25) is 0 Å². The van der Waals surface area contributed by atoms with Crippen molar-refractivity contribution in [1.82, 2.24) is 29.9 Å². The molecular weight excluding hydrogens is 685 g/mol. The Morgan fingerprint density at radius 1 is 0.411 bits per heavy atom. The van der Waals surface area contributed by atoms with Gasteiger partial charge in [0.05, 0.1) is 45.2 Å². The molecule has 8 bridgehead atoms. The van der Waals surface area contributed by atoms with Crippen molar-refractivity contribution in [3.8, 4) is 44.8 Å². The maximum Gasteiger partial charge on any atom is 0.0753 e. The maximum absolute atomic E-state index is 5.47. The maximum atomic E-state index is 5.47. The number of H-pyrrole nitrogens is 2. The molecule has 2 aliphatic heterocycles. The number of hydrogen-bond donors (Lipinski definition) is 2. The summed E-state index contributed by atoms with van der Waals surface area (Å²) in [6.07, 6.45) is 19.0. The quantitative estimate of drug-likeness (QED) is 0.147. The molecular formula is C50H44N6. The highest BCUT2D eigenvalue weighted by Gasteiger charge is 2.19. The first kappa shape index (κ1) is 35.1. The summed E-state index contributed by atoms with van der Waals surface area (Å²) >= 11 is 0. The minimum Gasteiger partial charge on any atom is -0.354 e. The largest absolute Gasteiger partial charge is 0.354 e. The molecule has 0 radical (unpaired) electrons. The minimum atomic E-state index is 0.824. The van der Waals surface area contributed by atoms with Crippen molar-refractivity contribution in [3.63, 3.8) is 0 Å². The van der Waals surface area contributed by atoms with E-state index < -0.39 is 0 Å². The third kappa shape index (κ3) is 6.90. The van der Waals surface area contributed by atoms with Crippen molar-refractivity contribution in [1.29, 1.82) is 0 Å². The first-order valence-electron chi connectivity index (χ1n) is 19.8. The predicted molar refractivity (Wildman–Crippen MR) is 233 cm³/mol. The third-order valence-corrected chi connectivity index (χ3v) is 10.7. The van der Waals surface area contributed by atoms with E-state index in [1.54, 1.807) is 0 Å². The molecule has 0 aliphatic carbocycles. The van der Waals surface area contributed by atoms with Gasteiger partial charge in [0.2, 0.25) is 0 Å². The zero-order chi connectivity index (χ0) is 37.8. The summed E-state index contributed by atoms with van der Waals surface area (Å²) in [6.45, 7) is 4.48. The van der Waals surface area contributed by atoms with Gasteiger partial charge in [-0.15, -0.1) is 0 Å². The van der Waals surface area contributed by atoms with Gasteiger partial charge >= 0.3 is 0 Å². The molecule has 0 atom stereocenters. The molecule has 0 unspecified atom stereocenters. The molecule has 274 valence electrons. The summed E-state index contributed by atoms with van der Waals surface area (Å²) in [5.41, 5.74) is 17.8. The van der Waals surface area contributed by atoms with Crippen LogP contribution in [0, 0.1) is 0 Å². The van der Waals surface area contributed by atoms with E-state index >= 15 is 0 Å². The molecule has 2 aromatic carbocycles. The van der Waals surface area contributed by atoms with Crippen LogP contribution in [-0.4, -0.2) is 29.9 Å². The highest BCUT2D eigenvalue weighted by molar-refractivity contribution is 5.99. The molecule has 2 N–H and O–H groups in total. The van der Waals surface area contributed by atoms with Gasteiger partial charge < -0.3 is 9.97 Å². The molecule has 6 heteroatoms. The fourth-order valence-electron chi connectivity index (χ4n) is 7.81. The molecule has 0 saturated heterocycles. The highest BCUT2D eigenvalue weighted by atomic mass is 14.8. The van der Waals surface area contributed by atoms with Gasteiger partial charge in [0.25, 0.3) is 0 Å². The van der Waals surface area contributed by atoms with E-state index in [0.29, 0.717) is 0 Å². The number of hydrogen-bond acceptors (Lipinski definition) is 4. The molecule has 5 aromatic heterocycles. The second kappa shape index (κ2) is 15.6. The number of aryl methyl sites for hydroxylation is 2. The Morgan fingerprint density at radius 3 is 1.14 bits per heavy atom. The number of fused-ring (bicyclic) bond motifs is 8. The zero-order valence-corrected chi connectivity index (χ0v) is 31.9. The van der Waals surface area contributed by atoms with Crippen LogP contribution in [0.1, 0.15) is 73.4 Å². The molecule has 7 heterocycles. The van der Waals surface area contributed by atoms with Crippen LogP contribution in [-0.2, 0) is 12.8 Å². The van der Waals surface area contributed by atoms with Gasteiger partial charge in [-0.3, -0.25) is 9.97 Å². The number of pyridine rings is 2. The van der Waals surface area contributed by atoms with Gasteiger partial charge in [-0.2, -0.15) is 0 Å². The second-order valence-corrected chi connectivity index (χ2v) is 14.5. The summed E-state index contributed by atoms with van der Waals surface area (Å²) in [5, 5.41) is 0. The Morgan fingerprint density at radius 2 is 0.786 bits per heavy atom. The summed E-state index contributed by atoms with van der Waals surface area (Å²) in [4.78, 5) is 28.1. The zero-order valence-electron chi connectivity index (χ0n) is 31.9. The molecule has 0 spiro atoms. The van der Waals surface area contributed by atoms with Crippen LogP contribution >= 0.6 is 0 Å². The van der Waals surface area contributed by atoms with Crippen LogP contribution in [0.3, 0.4) is 0 Å². The number of nitrogens with zero attached hydrogens (tertiary/aromatic N) is 4. The van der Waals surface area contributed by atoms with Gasteiger partial charge in [-0.1, -0.05) is 87.4 Å². The number of rotatable bonds is 10. The van der Waals surface area contributed by atoms with Gasteiger partial charge in [-0.05, 0) is 121 Å². The number of nitrogens with one attached hydrogen (secondary N) is 2. The Labute approximate surface area is 327 Å². The molecule has 0 saturated carbocycles. The second-order valence-electron chi connectivity index (χ2n) is 14.5. The SMILES string of the molecule is CCCCc1ccc(-c2c3nc(c(-c4ccc(CCCC)cc4)c4ccc([nH]4)c(-c4ccccn4)c4nc(c(-c5ccccn5)c5ccc2[nH]5)C=C4)C=C3)cc1. The molecule has 7 aromatic rings. The normalized spacial score (nSPS) is 12.0. The summed E-state index contributed by atoms with van der Waals surface area (Å²) < 4.78 is 0. The van der Waals surface area contributed by atoms with E-state index in [1.807, 2.05) is 48.8 Å². The predicted octanol–water partition coefficient (Wildman–Crippen LogP) is 12.8. The number of aromatic amines is 2. The highest BCUT2D eigenvalue weighted by Crippen LogP contribution is 2.38. The number of benzene rings is 2. The third-order valence-electron chi connectivity index (χ3n) is 10.7. The van der Waals surface area contributed by atoms with Gasteiger partial charge in [-0.25, -0.2) is 9.97 Å². The first-order chi connectivity index (χ1) is 27.7. The van der Waals surface area contributed by atoms with E-state index in [4.69, 9.17) is 19.9 Å². The number of aromatic nitrogens is 6. The van der Waals surface area contributed by atoms with E-state index in [0.717, 1.165) is 102 Å². The van der Waals surface area contributed by atoms with Crippen LogP contribution in [0.5, 0.6) is 0 Å². The Bertz CT molecular complexity index is 2550. The average molecular weight is 729 g/mol. The van der Waals surface area contributed by atoms with E-state index in [2.05, 4.69) is 121 Å². The monoisotopic (exact) mass is 728 g/mol. The standard InChI is InChI=1S/C50H44N6/c1-3-5-11-33-15-19-35(20-16-33)47-39-23-24-40(53-39)48(36-21-17-34(18-22-36)12-6-4-2)42-26-28-44(55-42)50(38-14-8-10-32-52-38)46-30-29-45(56-46)49(37-13-7-9-31-51-37)43-27-25-41(47)54-43/h7-10,13-32,54-55H,3-6,11-12H2,1-2H3. The summed E-state index contributed by atoms with van der Waals surface area (Å²) in [6, 6.07) is 38.7. The van der Waals surface area contributed by atoms with Crippen molar-refractivity contribution in [2.75, 3.05) is 0 Å². The Hall–Kier alpha value is -6.66. The lowest BCUT2D eigenvalue weighted by molar-refractivity contribution is 0.795. The van der Waals surface area contributed by atoms with E-state index in [-0.39, 0.29) is 0 Å². The van der Waals surface area contributed by atoms with Gasteiger partial charge in [0.1, 0.15) is 0 Å². The van der Waals surface area contributed by atoms with E-state index in [1.165, 1.54) is 36.8 Å². The molecule has 9 rings (SSSR count). The van der Waals surface area contributed by atoms with Crippen molar-refractivity contribution < 1.29 is 0 Å². The Balaban J connectivity index is 1.39. The van der Waals surface area contributed by atoms with Crippen molar-refractivity contribution in [2.24, 2.45) is 0 Å². The fourth-order valence-corrected chi connectivity index (χ4v) is 7.81. The molecule has 0 amide bonds. The molecule has 0 fully saturated rings. The van der Waals surface area contributed by atoms with Gasteiger partial charge in [0, 0.05) is 45.7 Å². The van der Waals surface area contributed by atoms with Crippen LogP contribution in [0.15, 0.2) is 122 Å². The smallest absolute Gasteiger partial charge is 0.0753 e. The van der Waals surface area contributed by atoms with Crippen LogP contribution in [0.4, 0.5) is 0 Å². The van der Waals surface area contributed by atoms with Crippen LogP contribution in [0.25, 0.3) is 91.1 Å². The van der Waals surface area contributed by atoms with E-state index in [9.17, 15) is 0 Å². The fraction of sp³-hybridized carbons (Fsp3) is 0.160. The van der Waals surface area contributed by atoms with Gasteiger partial charge in [0.15, 0.2) is 0 Å². The van der Waals surface area contributed by atoms with Crippen molar-refractivity contribution in [3.05, 3.63) is 155 Å². The Kier molecular flexibility index (Phi) is 9.77. The lowest BCUT2D eigenvalue weighted by Crippen LogP contribution is -1.91. The summed E-state index contributed by atoms with van der Waals surface area (Å²) in [5.74, 6) is 0. The molecule has 6 nitrogen and oxygen atoms in total. The lowest BCUT2D eigenvalue weighted by atomic mass is 10.00. The topological polar surface area (TPSA) is 83.1 Å². The number of unbranched alkanes of at least 4 members (excludes halogenated alkanes) is 2. The lowest BCUT2D eigenvalue weighted by Gasteiger charge is -2.08. The molecule has 2 aliphatic rings. The first-order valence-corrected chi connectivity index (χ1v) is 19.8. The van der Waals surface area contributed by atoms with Crippen molar-refractivity contribution >= 4 is 46.4 Å². The summed E-state index contributed by atoms with van der Waals surface area (Å²) in [7, 11) is 0. The van der Waals surface area contributed by atoms with Crippen LogP contribution < -0.4 is 0 Å². The van der Waals surface area contributed by atoms with Crippen molar-refractivity contribution in [2.45, 2.75) is 52.4 Å².